The van der Waals surface area contributed by atoms with Crippen molar-refractivity contribution < 1.29 is 4.79 Å². The van der Waals surface area contributed by atoms with Gasteiger partial charge in [0.15, 0.2) is 0 Å². The molecule has 0 aliphatic carbocycles. The summed E-state index contributed by atoms with van der Waals surface area (Å²) in [7, 11) is 0. The number of nitrogens with one attached hydrogen (secondary N) is 1. The highest BCUT2D eigenvalue weighted by molar-refractivity contribution is 7.12. The van der Waals surface area contributed by atoms with Crippen molar-refractivity contribution in [2.75, 3.05) is 13.1 Å². The van der Waals surface area contributed by atoms with Crippen LogP contribution in [0.1, 0.15) is 34.5 Å². The van der Waals surface area contributed by atoms with Gasteiger partial charge in [0.2, 0.25) is 0 Å². The molecular formula is C19H22N2OS. The summed E-state index contributed by atoms with van der Waals surface area (Å²) in [6, 6.07) is 11.3. The maximum atomic E-state index is 12.8. The highest BCUT2D eigenvalue weighted by Gasteiger charge is 2.38. The van der Waals surface area contributed by atoms with Crippen molar-refractivity contribution >= 4 is 17.2 Å². The lowest BCUT2D eigenvalue weighted by Gasteiger charge is -2.21. The molecule has 2 atom stereocenters. The number of hydrogen-bond acceptors (Lipinski definition) is 3. The van der Waals surface area contributed by atoms with E-state index in [1.54, 1.807) is 0 Å². The van der Waals surface area contributed by atoms with Gasteiger partial charge in [0, 0.05) is 24.2 Å². The lowest BCUT2D eigenvalue weighted by molar-refractivity contribution is 0.0934. The number of aryl methyl sites for hydroxylation is 1. The van der Waals surface area contributed by atoms with Gasteiger partial charge in [-0.2, -0.15) is 0 Å². The van der Waals surface area contributed by atoms with Gasteiger partial charge in [-0.05, 0) is 49.7 Å². The van der Waals surface area contributed by atoms with Gasteiger partial charge in [0.05, 0.1) is 4.88 Å². The molecule has 1 N–H and O–H groups in total. The first-order valence-corrected chi connectivity index (χ1v) is 9.30. The summed E-state index contributed by atoms with van der Waals surface area (Å²) in [6.07, 6.45) is 3.58. The average molecular weight is 326 g/mol. The number of amides is 1. The zero-order valence-corrected chi connectivity index (χ0v) is 14.2. The number of fused-ring (bicyclic) bond motifs is 1. The molecule has 23 heavy (non-hydrogen) atoms. The predicted molar refractivity (Wildman–Crippen MR) is 95.0 cm³/mol. The van der Waals surface area contributed by atoms with E-state index in [-0.39, 0.29) is 5.91 Å². The molecule has 2 saturated heterocycles. The minimum atomic E-state index is 0.0920. The van der Waals surface area contributed by atoms with Crippen molar-refractivity contribution in [1.29, 1.82) is 0 Å². The lowest BCUT2D eigenvalue weighted by atomic mass is 10.0. The van der Waals surface area contributed by atoms with Crippen molar-refractivity contribution in [3.05, 3.63) is 46.2 Å². The molecule has 0 radical (unpaired) electrons. The first-order chi connectivity index (χ1) is 11.2. The maximum Gasteiger partial charge on any atom is 0.262 e. The molecule has 2 aromatic rings. The fourth-order valence-corrected chi connectivity index (χ4v) is 4.75. The SMILES string of the molecule is Cc1ccc(-c2ccsc2C(=O)NC2CCN3CCCC23)cc1. The number of nitrogens with zero attached hydrogens (tertiary/aromatic N) is 1. The molecule has 1 aromatic carbocycles. The highest BCUT2D eigenvalue weighted by Crippen LogP contribution is 2.31. The second-order valence-corrected chi connectivity index (χ2v) is 7.56. The lowest BCUT2D eigenvalue weighted by Crippen LogP contribution is -2.42. The Morgan fingerprint density at radius 1 is 1.17 bits per heavy atom. The monoisotopic (exact) mass is 326 g/mol. The van der Waals surface area contributed by atoms with Crippen LogP contribution in [-0.4, -0.2) is 36.0 Å². The van der Waals surface area contributed by atoms with E-state index in [0.29, 0.717) is 12.1 Å². The van der Waals surface area contributed by atoms with Crippen molar-refractivity contribution in [3.8, 4) is 11.1 Å². The highest BCUT2D eigenvalue weighted by atomic mass is 32.1. The number of hydrogen-bond donors (Lipinski definition) is 1. The van der Waals surface area contributed by atoms with E-state index in [0.717, 1.165) is 29.0 Å². The largest absolute Gasteiger partial charge is 0.347 e. The van der Waals surface area contributed by atoms with Gasteiger partial charge < -0.3 is 5.32 Å². The normalized spacial score (nSPS) is 23.9. The number of benzene rings is 1. The third-order valence-corrected chi connectivity index (χ3v) is 6.07. The Morgan fingerprint density at radius 2 is 2.00 bits per heavy atom. The Labute approximate surface area is 141 Å². The fraction of sp³-hybridized carbons (Fsp3) is 0.421. The first kappa shape index (κ1) is 14.9. The second-order valence-electron chi connectivity index (χ2n) is 6.64. The molecule has 2 fully saturated rings. The number of rotatable bonds is 3. The van der Waals surface area contributed by atoms with Crippen LogP contribution in [-0.2, 0) is 0 Å². The van der Waals surface area contributed by atoms with E-state index in [2.05, 4.69) is 47.5 Å². The van der Waals surface area contributed by atoms with Crippen LogP contribution < -0.4 is 5.32 Å². The summed E-state index contributed by atoms with van der Waals surface area (Å²) in [5.41, 5.74) is 3.41. The van der Waals surface area contributed by atoms with E-state index in [9.17, 15) is 4.79 Å². The van der Waals surface area contributed by atoms with Crippen LogP contribution in [0.5, 0.6) is 0 Å². The fourth-order valence-electron chi connectivity index (χ4n) is 3.93. The Balaban J connectivity index is 1.53. The van der Waals surface area contributed by atoms with Crippen molar-refractivity contribution in [1.82, 2.24) is 10.2 Å². The van der Waals surface area contributed by atoms with E-state index in [1.165, 1.54) is 36.3 Å². The number of carbonyl (C=O) groups is 1. The molecule has 2 unspecified atom stereocenters. The third-order valence-electron chi connectivity index (χ3n) is 5.16. The molecule has 2 aliphatic heterocycles. The van der Waals surface area contributed by atoms with Crippen LogP contribution in [0.3, 0.4) is 0 Å². The standard InChI is InChI=1S/C19H22N2OS/c1-13-4-6-14(7-5-13)15-9-12-23-18(15)19(22)20-16-8-11-21-10-2-3-17(16)21/h4-7,9,12,16-17H,2-3,8,10-11H2,1H3,(H,20,22). The van der Waals surface area contributed by atoms with Crippen LogP contribution in [0.25, 0.3) is 11.1 Å². The topological polar surface area (TPSA) is 32.3 Å². The molecule has 120 valence electrons. The molecule has 1 amide bonds. The second kappa shape index (κ2) is 6.10. The predicted octanol–water partition coefficient (Wildman–Crippen LogP) is 3.69. The molecular weight excluding hydrogens is 304 g/mol. The van der Waals surface area contributed by atoms with Gasteiger partial charge in [-0.25, -0.2) is 0 Å². The van der Waals surface area contributed by atoms with E-state index < -0.39 is 0 Å². The van der Waals surface area contributed by atoms with Crippen molar-refractivity contribution in [3.63, 3.8) is 0 Å². The third kappa shape index (κ3) is 2.81. The first-order valence-electron chi connectivity index (χ1n) is 8.42. The molecule has 2 aliphatic rings. The minimum Gasteiger partial charge on any atom is -0.347 e. The quantitative estimate of drug-likeness (QED) is 0.933. The number of carbonyl (C=O) groups excluding carboxylic acids is 1. The zero-order chi connectivity index (χ0) is 15.8. The molecule has 3 heterocycles. The number of thiophene rings is 1. The molecule has 0 spiro atoms. The summed E-state index contributed by atoms with van der Waals surface area (Å²) in [6.45, 7) is 4.41. The van der Waals surface area contributed by atoms with Crippen molar-refractivity contribution in [2.24, 2.45) is 0 Å². The van der Waals surface area contributed by atoms with Gasteiger partial charge in [-0.1, -0.05) is 29.8 Å². The summed E-state index contributed by atoms with van der Waals surface area (Å²) < 4.78 is 0. The van der Waals surface area contributed by atoms with E-state index >= 15 is 0 Å². The van der Waals surface area contributed by atoms with E-state index in [1.807, 2.05) is 5.38 Å². The van der Waals surface area contributed by atoms with Gasteiger partial charge in [0.1, 0.15) is 0 Å². The van der Waals surface area contributed by atoms with Crippen LogP contribution in [0.2, 0.25) is 0 Å². The van der Waals surface area contributed by atoms with Gasteiger partial charge >= 0.3 is 0 Å². The summed E-state index contributed by atoms with van der Waals surface area (Å²) in [4.78, 5) is 16.2. The van der Waals surface area contributed by atoms with Gasteiger partial charge in [-0.3, -0.25) is 9.69 Å². The van der Waals surface area contributed by atoms with Crippen molar-refractivity contribution in [2.45, 2.75) is 38.3 Å². The van der Waals surface area contributed by atoms with Crippen LogP contribution >= 0.6 is 11.3 Å². The summed E-state index contributed by atoms with van der Waals surface area (Å²) in [5.74, 6) is 0.0920. The maximum absolute atomic E-state index is 12.8. The molecule has 3 nitrogen and oxygen atoms in total. The summed E-state index contributed by atoms with van der Waals surface area (Å²) in [5, 5.41) is 5.32. The molecule has 0 bridgehead atoms. The van der Waals surface area contributed by atoms with Gasteiger partial charge in [-0.15, -0.1) is 11.3 Å². The molecule has 0 saturated carbocycles. The Morgan fingerprint density at radius 3 is 2.83 bits per heavy atom. The Hall–Kier alpha value is -1.65. The zero-order valence-electron chi connectivity index (χ0n) is 13.4. The van der Waals surface area contributed by atoms with Crippen LogP contribution in [0, 0.1) is 6.92 Å². The molecule has 4 heteroatoms. The van der Waals surface area contributed by atoms with Crippen LogP contribution in [0.4, 0.5) is 0 Å². The summed E-state index contributed by atoms with van der Waals surface area (Å²) >= 11 is 1.54. The van der Waals surface area contributed by atoms with E-state index in [4.69, 9.17) is 0 Å². The molecule has 4 rings (SSSR count). The molecule has 1 aromatic heterocycles. The van der Waals surface area contributed by atoms with Gasteiger partial charge in [0.25, 0.3) is 5.91 Å². The minimum absolute atomic E-state index is 0.0920. The average Bonchev–Trinajstić information content (AvgIpc) is 3.25. The Kier molecular flexibility index (Phi) is 3.95. The smallest absolute Gasteiger partial charge is 0.262 e. The Bertz CT molecular complexity index is 706. The van der Waals surface area contributed by atoms with Crippen LogP contribution in [0.15, 0.2) is 35.7 Å².